The van der Waals surface area contributed by atoms with Crippen LogP contribution < -0.4 is 20.9 Å². The lowest BCUT2D eigenvalue weighted by Gasteiger charge is -2.42. The molecule has 4 heterocycles. The summed E-state index contributed by atoms with van der Waals surface area (Å²) in [5, 5.41) is 10.4. The van der Waals surface area contributed by atoms with E-state index in [9.17, 15) is 31.1 Å². The number of carbonyl (C=O) groups excluding carboxylic acids is 1. The number of anilines is 2. The highest BCUT2D eigenvalue weighted by Crippen LogP contribution is 2.37. The Morgan fingerprint density at radius 2 is 1.45 bits per heavy atom. The van der Waals surface area contributed by atoms with Crippen LogP contribution >= 0.6 is 0 Å². The summed E-state index contributed by atoms with van der Waals surface area (Å²) >= 11 is 0. The van der Waals surface area contributed by atoms with Gasteiger partial charge in [-0.25, -0.2) is 9.97 Å². The fourth-order valence-corrected chi connectivity index (χ4v) is 6.31. The van der Waals surface area contributed by atoms with Crippen molar-refractivity contribution in [2.75, 3.05) is 49.1 Å². The second-order valence-electron chi connectivity index (χ2n) is 11.7. The van der Waals surface area contributed by atoms with Gasteiger partial charge in [-0.05, 0) is 68.1 Å². The first-order valence-corrected chi connectivity index (χ1v) is 14.8. The molecule has 4 N–H and O–H groups in total. The number of nitrogens with two attached hydrogens (primary N) is 1. The third kappa shape index (κ3) is 7.29. The molecule has 1 aromatic carbocycles. The number of rotatable bonds is 7. The highest BCUT2D eigenvalue weighted by molar-refractivity contribution is 5.86. The van der Waals surface area contributed by atoms with Gasteiger partial charge < -0.3 is 25.8 Å². The smallest absolute Gasteiger partial charge is 0.370 e. The van der Waals surface area contributed by atoms with E-state index >= 15 is 0 Å². The molecule has 1 aromatic heterocycles. The van der Waals surface area contributed by atoms with Crippen molar-refractivity contribution in [2.24, 2.45) is 17.6 Å². The Labute approximate surface area is 251 Å². The summed E-state index contributed by atoms with van der Waals surface area (Å²) in [6.45, 7) is 3.11. The Balaban J connectivity index is 1.19. The molecule has 0 spiro atoms. The van der Waals surface area contributed by atoms with Crippen molar-refractivity contribution in [1.82, 2.24) is 20.2 Å². The summed E-state index contributed by atoms with van der Waals surface area (Å²) in [7, 11) is 0. The van der Waals surface area contributed by atoms with Crippen LogP contribution in [0.4, 0.5) is 38.0 Å². The minimum Gasteiger partial charge on any atom is -0.370 e. The molecule has 240 valence electrons. The van der Waals surface area contributed by atoms with Crippen LogP contribution in [0, 0.1) is 17.2 Å². The van der Waals surface area contributed by atoms with Crippen molar-refractivity contribution >= 4 is 23.5 Å². The minimum atomic E-state index is -4.77. The number of likely N-dealkylation sites (tertiary alicyclic amines) is 1. The maximum atomic E-state index is 13.8. The first kappa shape index (κ1) is 31.6. The Kier molecular flexibility index (Phi) is 9.12. The monoisotopic (exact) mass is 626 g/mol. The average Bonchev–Trinajstić information content (AvgIpc) is 2.96. The predicted molar refractivity (Wildman–Crippen MR) is 152 cm³/mol. The predicted octanol–water partition coefficient (Wildman–Crippen LogP) is 4.27. The molecule has 15 heteroatoms. The van der Waals surface area contributed by atoms with Crippen LogP contribution in [0.15, 0.2) is 30.3 Å². The molecule has 0 aliphatic carbocycles. The maximum absolute atomic E-state index is 13.8. The van der Waals surface area contributed by atoms with Gasteiger partial charge in [0.2, 0.25) is 11.7 Å². The van der Waals surface area contributed by atoms with Crippen molar-refractivity contribution in [3.63, 3.8) is 0 Å². The molecule has 0 radical (unpaired) electrons. The average molecular weight is 627 g/mol. The summed E-state index contributed by atoms with van der Waals surface area (Å²) in [5.74, 6) is -0.409. The number of guanidine groups is 1. The lowest BCUT2D eigenvalue weighted by Crippen LogP contribution is -2.57. The van der Waals surface area contributed by atoms with E-state index in [0.29, 0.717) is 49.9 Å². The largest absolute Gasteiger partial charge is 0.451 e. The van der Waals surface area contributed by atoms with E-state index in [0.717, 1.165) is 50.9 Å². The number of nitrogens with one attached hydrogen (secondary N) is 2. The number of amides is 1. The molecule has 1 amide bonds. The van der Waals surface area contributed by atoms with Crippen LogP contribution in [0.5, 0.6) is 0 Å². The molecule has 3 aliphatic heterocycles. The first-order valence-electron chi connectivity index (χ1n) is 14.8. The molecule has 44 heavy (non-hydrogen) atoms. The topological polar surface area (TPSA) is 114 Å². The molecule has 9 nitrogen and oxygen atoms in total. The lowest BCUT2D eigenvalue weighted by atomic mass is 9.79. The zero-order valence-corrected chi connectivity index (χ0v) is 24.1. The van der Waals surface area contributed by atoms with Gasteiger partial charge in [-0.15, -0.1) is 0 Å². The first-order chi connectivity index (χ1) is 20.8. The summed E-state index contributed by atoms with van der Waals surface area (Å²) in [6.07, 6.45) is -4.96. The van der Waals surface area contributed by atoms with Gasteiger partial charge in [-0.2, -0.15) is 26.3 Å². The number of piperidine rings is 2. The van der Waals surface area contributed by atoms with E-state index in [4.69, 9.17) is 11.1 Å². The van der Waals surface area contributed by atoms with Crippen molar-refractivity contribution in [3.05, 3.63) is 47.3 Å². The zero-order chi connectivity index (χ0) is 31.6. The van der Waals surface area contributed by atoms with E-state index in [1.807, 2.05) is 9.80 Å². The lowest BCUT2D eigenvalue weighted by molar-refractivity contribution is -0.144. The molecule has 5 rings (SSSR count). The van der Waals surface area contributed by atoms with Gasteiger partial charge in [0.1, 0.15) is 17.7 Å². The number of aromatic nitrogens is 2. The third-order valence-corrected chi connectivity index (χ3v) is 8.97. The van der Waals surface area contributed by atoms with Crippen LogP contribution in [-0.4, -0.2) is 72.0 Å². The van der Waals surface area contributed by atoms with Crippen LogP contribution in [0.3, 0.4) is 0 Å². The quantitative estimate of drug-likeness (QED) is 0.239. The molecule has 3 saturated heterocycles. The fourth-order valence-electron chi connectivity index (χ4n) is 6.31. The minimum absolute atomic E-state index is 0.0372. The SMILES string of the molecule is N=C(N)N1CCC(C2CCN(c3cc(N4CC[C@H]4C(=O)NCCc4ccc(C(F)(F)F)cc4)nc(C(F)(F)F)n3)CC2)CC1. The Bertz CT molecular complexity index is 1320. The molecule has 1 atom stereocenters. The van der Waals surface area contributed by atoms with E-state index < -0.39 is 29.8 Å². The number of halogens is 6. The third-order valence-electron chi connectivity index (χ3n) is 8.97. The highest BCUT2D eigenvalue weighted by Gasteiger charge is 2.40. The summed E-state index contributed by atoms with van der Waals surface area (Å²) < 4.78 is 79.8. The van der Waals surface area contributed by atoms with Crippen LogP contribution in [-0.2, 0) is 23.6 Å². The molecular weight excluding hydrogens is 590 g/mol. The van der Waals surface area contributed by atoms with E-state index in [2.05, 4.69) is 15.3 Å². The fraction of sp³-hybridized carbons (Fsp3) is 0.586. The maximum Gasteiger partial charge on any atom is 0.451 e. The number of alkyl halides is 6. The highest BCUT2D eigenvalue weighted by atomic mass is 19.4. The Morgan fingerprint density at radius 3 is 1.98 bits per heavy atom. The Hall–Kier alpha value is -3.78. The van der Waals surface area contributed by atoms with Gasteiger partial charge in [0, 0.05) is 45.3 Å². The normalized spacial score (nSPS) is 20.4. The number of hydrogen-bond acceptors (Lipinski definition) is 6. The van der Waals surface area contributed by atoms with Crippen LogP contribution in [0.2, 0.25) is 0 Å². The summed E-state index contributed by atoms with van der Waals surface area (Å²) in [6, 6.07) is 5.48. The molecule has 0 unspecified atom stereocenters. The van der Waals surface area contributed by atoms with Gasteiger partial charge in [-0.3, -0.25) is 10.2 Å². The van der Waals surface area contributed by atoms with Gasteiger partial charge >= 0.3 is 12.4 Å². The van der Waals surface area contributed by atoms with E-state index in [1.54, 1.807) is 0 Å². The number of hydrogen-bond donors (Lipinski definition) is 3. The number of carbonyl (C=O) groups is 1. The van der Waals surface area contributed by atoms with Gasteiger partial charge in [-0.1, -0.05) is 12.1 Å². The van der Waals surface area contributed by atoms with Gasteiger partial charge in [0.25, 0.3) is 0 Å². The summed E-state index contributed by atoms with van der Waals surface area (Å²) in [4.78, 5) is 25.8. The van der Waals surface area contributed by atoms with Crippen molar-refractivity contribution in [2.45, 2.75) is 56.9 Å². The van der Waals surface area contributed by atoms with Crippen molar-refractivity contribution < 1.29 is 31.1 Å². The zero-order valence-electron chi connectivity index (χ0n) is 24.1. The molecule has 3 fully saturated rings. The molecule has 0 saturated carbocycles. The van der Waals surface area contributed by atoms with E-state index in [-0.39, 0.29) is 30.0 Å². The standard InChI is InChI=1S/C29H36F6N8O/c30-28(31,32)21-3-1-18(2-4-21)5-11-38-25(44)22-10-16-43(22)24-17-23(39-26(40-24)29(33,34)35)41-12-6-19(7-13-41)20-8-14-42(15-9-20)27(36)37/h1-4,17,19-20,22H,5-16H2,(H3,36,37)(H,38,44)/t22-/m0/s1. The van der Waals surface area contributed by atoms with Crippen LogP contribution in [0.25, 0.3) is 0 Å². The van der Waals surface area contributed by atoms with Gasteiger partial charge in [0.15, 0.2) is 5.96 Å². The molecule has 3 aliphatic rings. The number of benzene rings is 1. The number of nitrogens with zero attached hydrogens (tertiary/aromatic N) is 5. The Morgan fingerprint density at radius 1 is 0.864 bits per heavy atom. The molecule has 2 aromatic rings. The van der Waals surface area contributed by atoms with Gasteiger partial charge in [0.05, 0.1) is 5.56 Å². The van der Waals surface area contributed by atoms with Crippen LogP contribution in [0.1, 0.15) is 49.1 Å². The molecular formula is C29H36F6N8O. The van der Waals surface area contributed by atoms with Crippen molar-refractivity contribution in [1.29, 1.82) is 5.41 Å². The molecule has 0 bridgehead atoms. The summed E-state index contributed by atoms with van der Waals surface area (Å²) in [5.41, 5.74) is 5.46. The second kappa shape index (κ2) is 12.7. The van der Waals surface area contributed by atoms with Crippen molar-refractivity contribution in [3.8, 4) is 0 Å². The van der Waals surface area contributed by atoms with E-state index in [1.165, 1.54) is 23.1 Å². The second-order valence-corrected chi connectivity index (χ2v) is 11.7.